The van der Waals surface area contributed by atoms with Crippen LogP contribution in [0.15, 0.2) is 46.5 Å². The SMILES string of the molecule is O=C1N=c2ccc(-c3ccc[nH]3)cc2=NC1=O. The highest BCUT2D eigenvalue weighted by atomic mass is 16.2. The average molecular weight is 225 g/mol. The number of carbonyl (C=O) groups excluding carboxylic acids is 2. The Hall–Kier alpha value is -2.56. The Balaban J connectivity index is 2.25. The summed E-state index contributed by atoms with van der Waals surface area (Å²) >= 11 is 0. The predicted octanol–water partition coefficient (Wildman–Crippen LogP) is -0.0123. The Kier molecular flexibility index (Phi) is 1.98. The van der Waals surface area contributed by atoms with E-state index in [1.54, 1.807) is 12.1 Å². The maximum absolute atomic E-state index is 11.1. The van der Waals surface area contributed by atoms with Crippen LogP contribution in [0.25, 0.3) is 11.3 Å². The lowest BCUT2D eigenvalue weighted by molar-refractivity contribution is -0.135. The number of hydrogen-bond acceptors (Lipinski definition) is 2. The molecule has 2 heterocycles. The minimum absolute atomic E-state index is 0.432. The molecule has 82 valence electrons. The van der Waals surface area contributed by atoms with Gasteiger partial charge < -0.3 is 4.98 Å². The van der Waals surface area contributed by atoms with Crippen LogP contribution < -0.4 is 10.7 Å². The third-order valence-corrected chi connectivity index (χ3v) is 2.51. The van der Waals surface area contributed by atoms with Gasteiger partial charge in [0.15, 0.2) is 0 Å². The highest BCUT2D eigenvalue weighted by Gasteiger charge is 2.15. The van der Waals surface area contributed by atoms with Crippen LogP contribution in [0.4, 0.5) is 0 Å². The molecule has 0 atom stereocenters. The maximum Gasteiger partial charge on any atom is 0.338 e. The van der Waals surface area contributed by atoms with Crippen molar-refractivity contribution < 1.29 is 9.59 Å². The fourth-order valence-electron chi connectivity index (χ4n) is 1.70. The van der Waals surface area contributed by atoms with E-state index in [0.717, 1.165) is 11.3 Å². The summed E-state index contributed by atoms with van der Waals surface area (Å²) in [6.45, 7) is 0. The van der Waals surface area contributed by atoms with Gasteiger partial charge in [0.2, 0.25) is 0 Å². The van der Waals surface area contributed by atoms with Crippen LogP contribution in [0.5, 0.6) is 0 Å². The Bertz CT molecular complexity index is 730. The standard InChI is InChI=1S/C12H7N3O2/c16-11-12(17)15-10-6-7(3-4-9(10)14-11)8-2-1-5-13-8/h1-6,13H. The van der Waals surface area contributed by atoms with Gasteiger partial charge in [-0.05, 0) is 24.3 Å². The van der Waals surface area contributed by atoms with E-state index in [0.29, 0.717) is 10.7 Å². The van der Waals surface area contributed by atoms with E-state index in [-0.39, 0.29) is 0 Å². The second-order valence-electron chi connectivity index (χ2n) is 3.62. The summed E-state index contributed by atoms with van der Waals surface area (Å²) in [5.74, 6) is -1.63. The predicted molar refractivity (Wildman–Crippen MR) is 58.6 cm³/mol. The molecular formula is C12H7N3O2. The lowest BCUT2D eigenvalue weighted by Crippen LogP contribution is -2.34. The molecule has 0 fully saturated rings. The summed E-state index contributed by atoms with van der Waals surface area (Å²) in [5.41, 5.74) is 1.82. The first-order chi connectivity index (χ1) is 8.24. The van der Waals surface area contributed by atoms with Crippen molar-refractivity contribution in [2.45, 2.75) is 0 Å². The minimum Gasteiger partial charge on any atom is -0.361 e. The van der Waals surface area contributed by atoms with Crippen LogP contribution in [-0.4, -0.2) is 16.8 Å². The van der Waals surface area contributed by atoms with Crippen molar-refractivity contribution in [2.24, 2.45) is 9.98 Å². The normalized spacial score (nSPS) is 13.9. The van der Waals surface area contributed by atoms with Crippen molar-refractivity contribution in [2.75, 3.05) is 0 Å². The molecule has 5 nitrogen and oxygen atoms in total. The van der Waals surface area contributed by atoms with Crippen LogP contribution in [0.2, 0.25) is 0 Å². The molecule has 0 saturated heterocycles. The van der Waals surface area contributed by atoms with Gasteiger partial charge in [-0.2, -0.15) is 0 Å². The fraction of sp³-hybridized carbons (Fsp3) is 0. The maximum atomic E-state index is 11.1. The number of fused-ring (bicyclic) bond motifs is 1. The molecule has 0 bridgehead atoms. The summed E-state index contributed by atoms with van der Waals surface area (Å²) in [7, 11) is 0. The second kappa shape index (κ2) is 3.48. The first-order valence-corrected chi connectivity index (χ1v) is 5.03. The van der Waals surface area contributed by atoms with E-state index in [1.165, 1.54) is 0 Å². The smallest absolute Gasteiger partial charge is 0.338 e. The van der Waals surface area contributed by atoms with E-state index in [4.69, 9.17) is 0 Å². The molecule has 0 spiro atoms. The zero-order valence-electron chi connectivity index (χ0n) is 8.68. The molecule has 5 heteroatoms. The van der Waals surface area contributed by atoms with Gasteiger partial charge in [-0.15, -0.1) is 0 Å². The van der Waals surface area contributed by atoms with Crippen molar-refractivity contribution in [1.29, 1.82) is 0 Å². The summed E-state index contributed by atoms with van der Waals surface area (Å²) in [5, 5.41) is 0.867. The highest BCUT2D eigenvalue weighted by Crippen LogP contribution is 2.13. The second-order valence-corrected chi connectivity index (χ2v) is 3.62. The Morgan fingerprint density at radius 3 is 2.41 bits per heavy atom. The molecule has 1 aromatic heterocycles. The quantitative estimate of drug-likeness (QED) is 0.693. The van der Waals surface area contributed by atoms with E-state index >= 15 is 0 Å². The first-order valence-electron chi connectivity index (χ1n) is 5.03. The van der Waals surface area contributed by atoms with Gasteiger partial charge >= 0.3 is 11.8 Å². The fourth-order valence-corrected chi connectivity index (χ4v) is 1.70. The molecule has 0 aliphatic carbocycles. The number of hydrogen-bond donors (Lipinski definition) is 1. The monoisotopic (exact) mass is 225 g/mol. The molecule has 1 aliphatic rings. The largest absolute Gasteiger partial charge is 0.361 e. The number of aromatic amines is 1. The molecule has 1 aromatic carbocycles. The third-order valence-electron chi connectivity index (χ3n) is 2.51. The van der Waals surface area contributed by atoms with E-state index < -0.39 is 11.8 Å². The van der Waals surface area contributed by atoms with E-state index in [1.807, 2.05) is 24.4 Å². The topological polar surface area (TPSA) is 74.7 Å². The van der Waals surface area contributed by atoms with Crippen LogP contribution in [0, 0.1) is 0 Å². The number of aromatic nitrogens is 1. The van der Waals surface area contributed by atoms with Crippen LogP contribution in [0.1, 0.15) is 0 Å². The molecule has 17 heavy (non-hydrogen) atoms. The number of nitrogens with one attached hydrogen (secondary N) is 1. The lowest BCUT2D eigenvalue weighted by atomic mass is 10.1. The first kappa shape index (κ1) is 9.65. The van der Waals surface area contributed by atoms with Crippen LogP contribution >= 0.6 is 0 Å². The summed E-state index contributed by atoms with van der Waals surface area (Å²) in [4.78, 5) is 32.6. The van der Waals surface area contributed by atoms with E-state index in [9.17, 15) is 9.59 Å². The van der Waals surface area contributed by atoms with Gasteiger partial charge in [0.25, 0.3) is 0 Å². The zero-order valence-corrected chi connectivity index (χ0v) is 8.68. The van der Waals surface area contributed by atoms with Crippen LogP contribution in [0.3, 0.4) is 0 Å². The van der Waals surface area contributed by atoms with Crippen molar-refractivity contribution in [3.8, 4) is 11.3 Å². The van der Waals surface area contributed by atoms with Gasteiger partial charge in [0, 0.05) is 17.5 Å². The molecular weight excluding hydrogens is 218 g/mol. The zero-order chi connectivity index (χ0) is 11.8. The summed E-state index contributed by atoms with van der Waals surface area (Å²) < 4.78 is 0. The summed E-state index contributed by atoms with van der Waals surface area (Å²) in [6.07, 6.45) is 1.81. The Morgan fingerprint density at radius 1 is 0.941 bits per heavy atom. The van der Waals surface area contributed by atoms with Crippen molar-refractivity contribution in [1.82, 2.24) is 4.98 Å². The molecule has 1 N–H and O–H groups in total. The highest BCUT2D eigenvalue weighted by molar-refractivity contribution is 6.36. The number of H-pyrrole nitrogens is 1. The number of nitrogens with zero attached hydrogens (tertiary/aromatic N) is 2. The van der Waals surface area contributed by atoms with Gasteiger partial charge in [-0.25, -0.2) is 9.98 Å². The third kappa shape index (κ3) is 1.57. The Labute approximate surface area is 95.5 Å². The van der Waals surface area contributed by atoms with Crippen molar-refractivity contribution in [3.05, 3.63) is 47.2 Å². The van der Waals surface area contributed by atoms with Gasteiger partial charge in [0.1, 0.15) is 0 Å². The van der Waals surface area contributed by atoms with Gasteiger partial charge in [-0.3, -0.25) is 9.59 Å². The molecule has 0 radical (unpaired) electrons. The van der Waals surface area contributed by atoms with E-state index in [2.05, 4.69) is 15.0 Å². The van der Waals surface area contributed by atoms with Gasteiger partial charge in [0.05, 0.1) is 10.7 Å². The number of benzene rings is 1. The Morgan fingerprint density at radius 2 is 1.71 bits per heavy atom. The van der Waals surface area contributed by atoms with Gasteiger partial charge in [-0.1, -0.05) is 6.07 Å². The number of amides is 2. The molecule has 0 unspecified atom stereocenters. The minimum atomic E-state index is -0.818. The molecule has 2 amide bonds. The lowest BCUT2D eigenvalue weighted by Gasteiger charge is -2.00. The average Bonchev–Trinajstić information content (AvgIpc) is 2.83. The van der Waals surface area contributed by atoms with Crippen molar-refractivity contribution >= 4 is 11.8 Å². The number of carbonyl (C=O) groups is 2. The molecule has 2 aromatic rings. The molecule has 0 saturated carbocycles. The summed E-state index contributed by atoms with van der Waals surface area (Å²) in [6, 6.07) is 9.03. The van der Waals surface area contributed by atoms with Crippen LogP contribution in [-0.2, 0) is 9.59 Å². The molecule has 1 aliphatic heterocycles. The molecule has 3 rings (SSSR count). The van der Waals surface area contributed by atoms with Crippen molar-refractivity contribution in [3.63, 3.8) is 0 Å². The number of rotatable bonds is 1.